The van der Waals surface area contributed by atoms with Crippen LogP contribution < -0.4 is 4.74 Å². The minimum Gasteiger partial charge on any atom is -0.497 e. The summed E-state index contributed by atoms with van der Waals surface area (Å²) >= 11 is 0. The van der Waals surface area contributed by atoms with E-state index >= 15 is 0 Å². The molecule has 6 nitrogen and oxygen atoms in total. The molecule has 0 spiro atoms. The summed E-state index contributed by atoms with van der Waals surface area (Å²) in [6.45, 7) is 3.28. The molecular formula is C17H24N2O4S. The van der Waals surface area contributed by atoms with E-state index in [2.05, 4.69) is 4.90 Å². The molecule has 3 fully saturated rings. The number of methoxy groups -OCH3 is 1. The van der Waals surface area contributed by atoms with Crippen LogP contribution in [0.4, 0.5) is 0 Å². The Morgan fingerprint density at radius 1 is 1.12 bits per heavy atom. The number of nitrogens with zero attached hydrogens (tertiary/aromatic N) is 2. The Labute approximate surface area is 143 Å². The summed E-state index contributed by atoms with van der Waals surface area (Å²) < 4.78 is 38.3. The zero-order chi connectivity index (χ0) is 16.7. The molecule has 2 saturated heterocycles. The average molecular weight is 352 g/mol. The topological polar surface area (TPSA) is 59.1 Å². The Bertz CT molecular complexity index is 687. The first-order valence-corrected chi connectivity index (χ1v) is 10.0. The highest BCUT2D eigenvalue weighted by Crippen LogP contribution is 2.38. The molecule has 132 valence electrons. The maximum Gasteiger partial charge on any atom is 0.243 e. The SMILES string of the molecule is COc1ccc(S(=O)(=O)N2CCN3[C@@H](COC[C@@H]3C3CC3)C2)cc1. The van der Waals surface area contributed by atoms with Gasteiger partial charge in [-0.2, -0.15) is 4.31 Å². The fourth-order valence-electron chi connectivity index (χ4n) is 3.85. The molecule has 1 aromatic carbocycles. The maximum absolute atomic E-state index is 12.9. The van der Waals surface area contributed by atoms with Gasteiger partial charge in [-0.1, -0.05) is 0 Å². The van der Waals surface area contributed by atoms with E-state index in [1.54, 1.807) is 35.7 Å². The maximum atomic E-state index is 12.9. The first-order valence-electron chi connectivity index (χ1n) is 8.57. The van der Waals surface area contributed by atoms with Crippen molar-refractivity contribution in [3.63, 3.8) is 0 Å². The summed E-state index contributed by atoms with van der Waals surface area (Å²) in [5.41, 5.74) is 0. The van der Waals surface area contributed by atoms with Crippen LogP contribution in [0.5, 0.6) is 5.75 Å². The van der Waals surface area contributed by atoms with E-state index in [-0.39, 0.29) is 6.04 Å². The second-order valence-corrected chi connectivity index (χ2v) is 8.81. The number of sulfonamides is 1. The average Bonchev–Trinajstić information content (AvgIpc) is 3.45. The lowest BCUT2D eigenvalue weighted by Crippen LogP contribution is -2.63. The highest BCUT2D eigenvalue weighted by atomic mass is 32.2. The van der Waals surface area contributed by atoms with Crippen molar-refractivity contribution in [2.45, 2.75) is 29.8 Å². The van der Waals surface area contributed by atoms with E-state index in [4.69, 9.17) is 9.47 Å². The molecule has 1 saturated carbocycles. The summed E-state index contributed by atoms with van der Waals surface area (Å²) in [5, 5.41) is 0. The second kappa shape index (κ2) is 6.29. The molecule has 2 atom stereocenters. The monoisotopic (exact) mass is 352 g/mol. The molecule has 0 radical (unpaired) electrons. The third kappa shape index (κ3) is 2.94. The fourth-order valence-corrected chi connectivity index (χ4v) is 5.32. The minimum atomic E-state index is -3.46. The third-order valence-corrected chi connectivity index (χ3v) is 7.26. The van der Waals surface area contributed by atoms with E-state index < -0.39 is 10.0 Å². The number of hydrogen-bond acceptors (Lipinski definition) is 5. The summed E-state index contributed by atoms with van der Waals surface area (Å²) in [5.74, 6) is 1.41. The molecule has 0 amide bonds. The number of morpholine rings is 1. The van der Waals surface area contributed by atoms with Crippen LogP contribution in [0.15, 0.2) is 29.2 Å². The number of benzene rings is 1. The Morgan fingerprint density at radius 2 is 1.88 bits per heavy atom. The molecule has 24 heavy (non-hydrogen) atoms. The van der Waals surface area contributed by atoms with Crippen LogP contribution in [0.25, 0.3) is 0 Å². The molecule has 1 aliphatic carbocycles. The van der Waals surface area contributed by atoms with Gasteiger partial charge in [0, 0.05) is 31.7 Å². The zero-order valence-corrected chi connectivity index (χ0v) is 14.7. The van der Waals surface area contributed by atoms with E-state index in [1.807, 2.05) is 0 Å². The van der Waals surface area contributed by atoms with Gasteiger partial charge in [0.2, 0.25) is 10.0 Å². The molecule has 2 heterocycles. The number of hydrogen-bond donors (Lipinski definition) is 0. The third-order valence-electron chi connectivity index (χ3n) is 5.38. The van der Waals surface area contributed by atoms with Gasteiger partial charge >= 0.3 is 0 Å². The lowest BCUT2D eigenvalue weighted by Gasteiger charge is -2.47. The quantitative estimate of drug-likeness (QED) is 0.814. The van der Waals surface area contributed by atoms with Crippen LogP contribution in [-0.2, 0) is 14.8 Å². The molecule has 0 N–H and O–H groups in total. The van der Waals surface area contributed by atoms with Gasteiger partial charge in [-0.25, -0.2) is 8.42 Å². The van der Waals surface area contributed by atoms with Gasteiger partial charge in [0.25, 0.3) is 0 Å². The molecule has 3 aliphatic rings. The first kappa shape index (κ1) is 16.3. The number of rotatable bonds is 4. The fraction of sp³-hybridized carbons (Fsp3) is 0.647. The van der Waals surface area contributed by atoms with Gasteiger partial charge < -0.3 is 9.47 Å². The number of fused-ring (bicyclic) bond motifs is 1. The number of piperazine rings is 1. The van der Waals surface area contributed by atoms with Crippen LogP contribution in [0.1, 0.15) is 12.8 Å². The molecule has 1 aromatic rings. The van der Waals surface area contributed by atoms with Gasteiger partial charge in [-0.05, 0) is 43.0 Å². The van der Waals surface area contributed by atoms with Crippen molar-refractivity contribution >= 4 is 10.0 Å². The normalized spacial score (nSPS) is 29.2. The standard InChI is InChI=1S/C17H24N2O4S/c1-22-15-4-6-16(7-5-15)24(20,21)18-8-9-19-14(10-18)11-23-12-17(19)13-2-3-13/h4-7,13-14,17H,2-3,8-12H2,1H3/t14-,17-/m1/s1. The summed E-state index contributed by atoms with van der Waals surface area (Å²) in [7, 11) is -1.89. The Morgan fingerprint density at radius 3 is 2.54 bits per heavy atom. The predicted molar refractivity (Wildman–Crippen MR) is 89.6 cm³/mol. The minimum absolute atomic E-state index is 0.172. The number of ether oxygens (including phenoxy) is 2. The van der Waals surface area contributed by atoms with E-state index in [9.17, 15) is 8.42 Å². The first-order chi connectivity index (χ1) is 11.6. The summed E-state index contributed by atoms with van der Waals surface area (Å²) in [6.07, 6.45) is 2.57. The molecular weight excluding hydrogens is 328 g/mol. The van der Waals surface area contributed by atoms with E-state index in [0.717, 1.165) is 19.1 Å². The van der Waals surface area contributed by atoms with E-state index in [0.29, 0.717) is 36.4 Å². The smallest absolute Gasteiger partial charge is 0.243 e. The molecule has 0 bridgehead atoms. The molecule has 4 rings (SSSR count). The van der Waals surface area contributed by atoms with Crippen molar-refractivity contribution in [3.8, 4) is 5.75 Å². The van der Waals surface area contributed by atoms with Crippen molar-refractivity contribution in [1.82, 2.24) is 9.21 Å². The molecule has 7 heteroatoms. The van der Waals surface area contributed by atoms with Gasteiger partial charge in [0.15, 0.2) is 0 Å². The van der Waals surface area contributed by atoms with Crippen molar-refractivity contribution in [3.05, 3.63) is 24.3 Å². The van der Waals surface area contributed by atoms with Crippen LogP contribution in [0.3, 0.4) is 0 Å². The second-order valence-electron chi connectivity index (χ2n) is 6.87. The lowest BCUT2D eigenvalue weighted by atomic mass is 10.0. The van der Waals surface area contributed by atoms with Gasteiger partial charge in [-0.3, -0.25) is 4.90 Å². The molecule has 2 aliphatic heterocycles. The van der Waals surface area contributed by atoms with Crippen LogP contribution in [0.2, 0.25) is 0 Å². The van der Waals surface area contributed by atoms with Gasteiger partial charge in [0.05, 0.1) is 25.2 Å². The highest BCUT2D eigenvalue weighted by Gasteiger charge is 2.44. The Hall–Kier alpha value is -1.15. The Balaban J connectivity index is 1.50. The van der Waals surface area contributed by atoms with E-state index in [1.165, 1.54) is 12.8 Å². The largest absolute Gasteiger partial charge is 0.497 e. The van der Waals surface area contributed by atoms with Crippen LogP contribution in [-0.4, -0.2) is 69.7 Å². The van der Waals surface area contributed by atoms with Gasteiger partial charge in [0.1, 0.15) is 5.75 Å². The zero-order valence-electron chi connectivity index (χ0n) is 13.9. The summed E-state index contributed by atoms with van der Waals surface area (Å²) in [4.78, 5) is 2.81. The Kier molecular flexibility index (Phi) is 4.28. The molecule has 0 aromatic heterocycles. The van der Waals surface area contributed by atoms with Crippen molar-refractivity contribution in [2.75, 3.05) is 40.0 Å². The summed E-state index contributed by atoms with van der Waals surface area (Å²) in [6, 6.07) is 7.27. The van der Waals surface area contributed by atoms with Gasteiger partial charge in [-0.15, -0.1) is 0 Å². The lowest BCUT2D eigenvalue weighted by molar-refractivity contribution is -0.0759. The van der Waals surface area contributed by atoms with Crippen molar-refractivity contribution in [1.29, 1.82) is 0 Å². The predicted octanol–water partition coefficient (Wildman–Crippen LogP) is 1.18. The highest BCUT2D eigenvalue weighted by molar-refractivity contribution is 7.89. The van der Waals surface area contributed by atoms with Crippen molar-refractivity contribution in [2.24, 2.45) is 5.92 Å². The van der Waals surface area contributed by atoms with Crippen LogP contribution in [0, 0.1) is 5.92 Å². The van der Waals surface area contributed by atoms with Crippen LogP contribution >= 0.6 is 0 Å². The molecule has 0 unspecified atom stereocenters. The van der Waals surface area contributed by atoms with Crippen molar-refractivity contribution < 1.29 is 17.9 Å².